The molecule has 1 aliphatic rings. The van der Waals surface area contributed by atoms with Gasteiger partial charge in [-0.25, -0.2) is 0 Å². The first-order chi connectivity index (χ1) is 9.27. The summed E-state index contributed by atoms with van der Waals surface area (Å²) in [6.07, 6.45) is -4.39. The van der Waals surface area contributed by atoms with Crippen molar-refractivity contribution < 1.29 is 22.8 Å². The predicted molar refractivity (Wildman–Crippen MR) is 68.0 cm³/mol. The van der Waals surface area contributed by atoms with Gasteiger partial charge in [0.2, 0.25) is 5.91 Å². The Morgan fingerprint density at radius 3 is 2.65 bits per heavy atom. The topological polar surface area (TPSA) is 58.2 Å². The zero-order valence-electron chi connectivity index (χ0n) is 10.1. The number of carbonyl (C=O) groups is 2. The van der Waals surface area contributed by atoms with E-state index in [4.69, 9.17) is 0 Å². The molecule has 0 bridgehead atoms. The maximum absolute atomic E-state index is 12.6. The first kappa shape index (κ1) is 14.8. The summed E-state index contributed by atoms with van der Waals surface area (Å²) >= 11 is 3.05. The van der Waals surface area contributed by atoms with E-state index in [1.807, 2.05) is 0 Å². The Morgan fingerprint density at radius 1 is 1.40 bits per heavy atom. The molecule has 1 aromatic carbocycles. The first-order valence-electron chi connectivity index (χ1n) is 5.71. The summed E-state index contributed by atoms with van der Waals surface area (Å²) in [7, 11) is 0. The Bertz CT molecular complexity index is 560. The highest BCUT2D eigenvalue weighted by atomic mass is 79.9. The fraction of sp³-hybridized carbons (Fsp3) is 0.333. The molecule has 1 aliphatic heterocycles. The summed E-state index contributed by atoms with van der Waals surface area (Å²) in [5, 5.41) is 5.06. The van der Waals surface area contributed by atoms with Crippen LogP contribution in [0.15, 0.2) is 22.7 Å². The van der Waals surface area contributed by atoms with Gasteiger partial charge < -0.3 is 10.6 Å². The van der Waals surface area contributed by atoms with Crippen molar-refractivity contribution in [1.82, 2.24) is 10.6 Å². The van der Waals surface area contributed by atoms with E-state index in [0.29, 0.717) is 0 Å². The van der Waals surface area contributed by atoms with Gasteiger partial charge in [-0.2, -0.15) is 13.2 Å². The second-order valence-electron chi connectivity index (χ2n) is 4.37. The van der Waals surface area contributed by atoms with Crippen molar-refractivity contribution in [3.05, 3.63) is 33.8 Å². The minimum Gasteiger partial charge on any atom is -0.354 e. The zero-order chi connectivity index (χ0) is 14.9. The Labute approximate surface area is 120 Å². The van der Waals surface area contributed by atoms with Crippen LogP contribution in [-0.4, -0.2) is 24.4 Å². The lowest BCUT2D eigenvalue weighted by atomic mass is 10.1. The van der Waals surface area contributed by atoms with E-state index in [0.717, 1.165) is 12.1 Å². The van der Waals surface area contributed by atoms with Gasteiger partial charge in [-0.1, -0.05) is 0 Å². The molecule has 1 saturated heterocycles. The monoisotopic (exact) mass is 350 g/mol. The smallest absolute Gasteiger partial charge is 0.354 e. The van der Waals surface area contributed by atoms with Crippen LogP contribution in [0.4, 0.5) is 13.2 Å². The van der Waals surface area contributed by atoms with E-state index < -0.39 is 23.7 Å². The fourth-order valence-corrected chi connectivity index (χ4v) is 2.27. The molecule has 2 rings (SSSR count). The number of hydrogen-bond acceptors (Lipinski definition) is 2. The fourth-order valence-electron chi connectivity index (χ4n) is 1.85. The highest BCUT2D eigenvalue weighted by Gasteiger charge is 2.32. The van der Waals surface area contributed by atoms with Gasteiger partial charge in [0.1, 0.15) is 0 Å². The number of alkyl halides is 3. The maximum atomic E-state index is 12.6. The molecule has 0 aromatic heterocycles. The van der Waals surface area contributed by atoms with Gasteiger partial charge in [-0.3, -0.25) is 9.59 Å². The molecule has 1 aromatic rings. The molecule has 4 nitrogen and oxygen atoms in total. The molecule has 0 aliphatic carbocycles. The van der Waals surface area contributed by atoms with Crippen molar-refractivity contribution in [3.8, 4) is 0 Å². The zero-order valence-corrected chi connectivity index (χ0v) is 11.6. The van der Waals surface area contributed by atoms with Crippen LogP contribution in [0.5, 0.6) is 0 Å². The molecule has 1 atom stereocenters. The van der Waals surface area contributed by atoms with E-state index in [1.54, 1.807) is 0 Å². The molecule has 0 spiro atoms. The van der Waals surface area contributed by atoms with E-state index in [-0.39, 0.29) is 28.9 Å². The molecule has 1 unspecified atom stereocenters. The molecule has 20 heavy (non-hydrogen) atoms. The van der Waals surface area contributed by atoms with Gasteiger partial charge in [0.15, 0.2) is 0 Å². The van der Waals surface area contributed by atoms with Crippen molar-refractivity contribution in [2.24, 2.45) is 0 Å². The number of amides is 2. The summed E-state index contributed by atoms with van der Waals surface area (Å²) in [6, 6.07) is 2.44. The largest absolute Gasteiger partial charge is 0.416 e. The molecule has 2 N–H and O–H groups in total. The molecule has 0 saturated carbocycles. The summed E-state index contributed by atoms with van der Waals surface area (Å²) in [5.74, 6) is -0.845. The van der Waals surface area contributed by atoms with Gasteiger partial charge in [-0.05, 0) is 34.1 Å². The highest BCUT2D eigenvalue weighted by molar-refractivity contribution is 9.10. The highest BCUT2D eigenvalue weighted by Crippen LogP contribution is 2.31. The standard InChI is InChI=1S/C12H10BrF3N2O2/c13-9-2-1-6(12(14,15)16)3-8(9)11(20)18-7-4-10(19)17-5-7/h1-3,7H,4-5H2,(H,17,19)(H,18,20). The molecular weight excluding hydrogens is 341 g/mol. The maximum Gasteiger partial charge on any atom is 0.416 e. The predicted octanol–water partition coefficient (Wildman–Crippen LogP) is 2.09. The number of nitrogens with one attached hydrogen (secondary N) is 2. The number of rotatable bonds is 2. The van der Waals surface area contributed by atoms with Crippen molar-refractivity contribution in [2.45, 2.75) is 18.6 Å². The lowest BCUT2D eigenvalue weighted by molar-refractivity contribution is -0.137. The molecule has 2 amide bonds. The quantitative estimate of drug-likeness (QED) is 0.857. The average Bonchev–Trinajstić information content (AvgIpc) is 2.73. The van der Waals surface area contributed by atoms with E-state index in [2.05, 4.69) is 26.6 Å². The second-order valence-corrected chi connectivity index (χ2v) is 5.23. The summed E-state index contributed by atoms with van der Waals surface area (Å²) in [5.41, 5.74) is -1.01. The normalized spacial score (nSPS) is 18.8. The minimum absolute atomic E-state index is 0.112. The number of carbonyl (C=O) groups excluding carboxylic acids is 2. The summed E-state index contributed by atoms with van der Waals surface area (Å²) < 4.78 is 38.1. The average molecular weight is 351 g/mol. The van der Waals surface area contributed by atoms with Crippen LogP contribution in [0.1, 0.15) is 22.3 Å². The van der Waals surface area contributed by atoms with Crippen LogP contribution in [0.3, 0.4) is 0 Å². The molecule has 8 heteroatoms. The van der Waals surface area contributed by atoms with Crippen molar-refractivity contribution in [3.63, 3.8) is 0 Å². The van der Waals surface area contributed by atoms with Crippen molar-refractivity contribution in [1.29, 1.82) is 0 Å². The Balaban J connectivity index is 2.18. The number of hydrogen-bond donors (Lipinski definition) is 2. The molecular formula is C12H10BrF3N2O2. The SMILES string of the molecule is O=C1CC(NC(=O)c2cc(C(F)(F)F)ccc2Br)CN1. The van der Waals surface area contributed by atoms with Crippen LogP contribution in [0.2, 0.25) is 0 Å². The Morgan fingerprint density at radius 2 is 2.10 bits per heavy atom. The van der Waals surface area contributed by atoms with Crippen LogP contribution in [-0.2, 0) is 11.0 Å². The van der Waals surface area contributed by atoms with Gasteiger partial charge in [0.25, 0.3) is 5.91 Å². The van der Waals surface area contributed by atoms with Crippen molar-refractivity contribution >= 4 is 27.7 Å². The van der Waals surface area contributed by atoms with Gasteiger partial charge >= 0.3 is 6.18 Å². The molecule has 0 radical (unpaired) electrons. The summed E-state index contributed by atoms with van der Waals surface area (Å²) in [6.45, 7) is 0.279. The number of benzene rings is 1. The lowest BCUT2D eigenvalue weighted by Gasteiger charge is -2.13. The minimum atomic E-state index is -4.51. The third-order valence-corrected chi connectivity index (χ3v) is 3.54. The van der Waals surface area contributed by atoms with E-state index in [1.165, 1.54) is 6.07 Å². The van der Waals surface area contributed by atoms with E-state index >= 15 is 0 Å². The third-order valence-electron chi connectivity index (χ3n) is 2.85. The van der Waals surface area contributed by atoms with Gasteiger partial charge in [0, 0.05) is 17.4 Å². The molecule has 108 valence electrons. The lowest BCUT2D eigenvalue weighted by Crippen LogP contribution is -2.36. The Hall–Kier alpha value is -1.57. The van der Waals surface area contributed by atoms with Gasteiger partial charge in [0.05, 0.1) is 17.2 Å². The van der Waals surface area contributed by atoms with Crippen LogP contribution in [0, 0.1) is 0 Å². The van der Waals surface area contributed by atoms with Gasteiger partial charge in [-0.15, -0.1) is 0 Å². The first-order valence-corrected chi connectivity index (χ1v) is 6.51. The Kier molecular flexibility index (Phi) is 4.03. The van der Waals surface area contributed by atoms with E-state index in [9.17, 15) is 22.8 Å². The van der Waals surface area contributed by atoms with Crippen LogP contribution >= 0.6 is 15.9 Å². The molecule has 1 fully saturated rings. The number of halogens is 4. The van der Waals surface area contributed by atoms with Crippen LogP contribution < -0.4 is 10.6 Å². The van der Waals surface area contributed by atoms with Crippen molar-refractivity contribution in [2.75, 3.05) is 6.54 Å². The third kappa shape index (κ3) is 3.30. The summed E-state index contributed by atoms with van der Waals surface area (Å²) in [4.78, 5) is 23.0. The molecule has 1 heterocycles. The second kappa shape index (κ2) is 5.43. The van der Waals surface area contributed by atoms with Crippen LogP contribution in [0.25, 0.3) is 0 Å².